The maximum absolute atomic E-state index is 12.2. The number of nitrogens with one attached hydrogen (secondary N) is 1. The highest BCUT2D eigenvalue weighted by Crippen LogP contribution is 2.12. The van der Waals surface area contributed by atoms with Crippen LogP contribution in [-0.2, 0) is 4.79 Å². The van der Waals surface area contributed by atoms with E-state index in [4.69, 9.17) is 0 Å². The molecule has 3 atom stereocenters. The number of aliphatic hydroxyl groups is 3. The number of hydrogen-bond acceptors (Lipinski definition) is 4. The Kier molecular flexibility index (Phi) is 27.0. The van der Waals surface area contributed by atoms with Gasteiger partial charge in [0, 0.05) is 6.42 Å². The normalized spacial score (nSPS) is 14.4. The third kappa shape index (κ3) is 23.7. The summed E-state index contributed by atoms with van der Waals surface area (Å²) in [5, 5.41) is 33.1. The minimum atomic E-state index is -1.16. The Labute approximate surface area is 229 Å². The molecule has 1 amide bonds. The van der Waals surface area contributed by atoms with Gasteiger partial charge in [-0.2, -0.15) is 0 Å². The van der Waals surface area contributed by atoms with Crippen LogP contribution in [0.4, 0.5) is 0 Å². The number of unbranched alkanes of at least 4 members (excludes halogenated alkanes) is 15. The van der Waals surface area contributed by atoms with Crippen LogP contribution in [0.25, 0.3) is 0 Å². The van der Waals surface area contributed by atoms with E-state index in [1.807, 2.05) is 0 Å². The Balaban J connectivity index is 3.83. The number of rotatable bonds is 27. The molecule has 0 spiro atoms. The van der Waals surface area contributed by atoms with E-state index in [1.54, 1.807) is 0 Å². The number of hydrogen-bond donors (Lipinski definition) is 4. The molecule has 0 radical (unpaired) electrons. The summed E-state index contributed by atoms with van der Waals surface area (Å²) in [6.45, 7) is 4.07. The van der Waals surface area contributed by atoms with Gasteiger partial charge < -0.3 is 20.6 Å². The lowest BCUT2D eigenvalue weighted by Crippen LogP contribution is -2.50. The molecule has 0 saturated heterocycles. The second-order valence-electron chi connectivity index (χ2n) is 10.6. The Morgan fingerprint density at radius 2 is 1.11 bits per heavy atom. The fourth-order valence-corrected chi connectivity index (χ4v) is 4.49. The summed E-state index contributed by atoms with van der Waals surface area (Å²) < 4.78 is 0. The van der Waals surface area contributed by atoms with E-state index in [1.165, 1.54) is 70.6 Å². The Hall–Kier alpha value is -1.17. The maximum Gasteiger partial charge on any atom is 0.220 e. The van der Waals surface area contributed by atoms with Crippen molar-refractivity contribution >= 4 is 5.91 Å². The largest absolute Gasteiger partial charge is 0.394 e. The SMILES string of the molecule is CCCC/C=C\CCCCCCC(=O)NC(CO)C(O)C(O)CCC/C=C/CCCCCCCCCC. The molecular formula is C32H61NO4. The molecule has 5 nitrogen and oxygen atoms in total. The van der Waals surface area contributed by atoms with Crippen LogP contribution < -0.4 is 5.32 Å². The van der Waals surface area contributed by atoms with Crippen LogP contribution in [0.2, 0.25) is 0 Å². The second kappa shape index (κ2) is 27.9. The Morgan fingerprint density at radius 1 is 0.649 bits per heavy atom. The predicted octanol–water partition coefficient (Wildman–Crippen LogP) is 7.53. The highest BCUT2D eigenvalue weighted by molar-refractivity contribution is 5.76. The average Bonchev–Trinajstić information content (AvgIpc) is 2.90. The van der Waals surface area contributed by atoms with Crippen LogP contribution in [0.3, 0.4) is 0 Å². The molecular weight excluding hydrogens is 462 g/mol. The maximum atomic E-state index is 12.2. The van der Waals surface area contributed by atoms with E-state index in [9.17, 15) is 20.1 Å². The Morgan fingerprint density at radius 3 is 1.65 bits per heavy atom. The number of allylic oxidation sites excluding steroid dienone is 4. The smallest absolute Gasteiger partial charge is 0.220 e. The zero-order valence-electron chi connectivity index (χ0n) is 24.3. The first-order valence-corrected chi connectivity index (χ1v) is 15.6. The van der Waals surface area contributed by atoms with Gasteiger partial charge in [0.2, 0.25) is 5.91 Å². The summed E-state index contributed by atoms with van der Waals surface area (Å²) in [6.07, 6.45) is 29.8. The monoisotopic (exact) mass is 523 g/mol. The predicted molar refractivity (Wildman–Crippen MR) is 158 cm³/mol. The zero-order valence-corrected chi connectivity index (χ0v) is 24.3. The van der Waals surface area contributed by atoms with Gasteiger partial charge in [-0.15, -0.1) is 0 Å². The molecule has 37 heavy (non-hydrogen) atoms. The van der Waals surface area contributed by atoms with Crippen LogP contribution >= 0.6 is 0 Å². The van der Waals surface area contributed by atoms with Gasteiger partial charge in [-0.05, 0) is 57.8 Å². The van der Waals surface area contributed by atoms with Crippen molar-refractivity contribution in [1.29, 1.82) is 0 Å². The standard InChI is InChI=1S/C32H61NO4/c1-3-5-7-9-11-13-15-16-17-18-20-22-24-26-30(35)32(37)29(28-34)33-31(36)27-25-23-21-19-14-12-10-8-6-4-2/h10,12,18,20,29-30,32,34-35,37H,3-9,11,13-17,19,21-28H2,1-2H3,(H,33,36)/b12-10-,20-18+. The summed E-state index contributed by atoms with van der Waals surface area (Å²) in [6, 6.07) is -0.826. The molecule has 0 aliphatic rings. The van der Waals surface area contributed by atoms with Crippen LogP contribution in [0, 0.1) is 0 Å². The molecule has 218 valence electrons. The third-order valence-electron chi connectivity index (χ3n) is 7.03. The summed E-state index contributed by atoms with van der Waals surface area (Å²) in [5.41, 5.74) is 0. The summed E-state index contributed by atoms with van der Waals surface area (Å²) in [5.74, 6) is -0.173. The molecule has 0 heterocycles. The molecule has 0 rings (SSSR count). The fourth-order valence-electron chi connectivity index (χ4n) is 4.49. The van der Waals surface area contributed by atoms with Gasteiger partial charge in [-0.1, -0.05) is 109 Å². The van der Waals surface area contributed by atoms with Crippen molar-refractivity contribution in [2.24, 2.45) is 0 Å². The second-order valence-corrected chi connectivity index (χ2v) is 10.6. The van der Waals surface area contributed by atoms with E-state index in [0.29, 0.717) is 12.8 Å². The fraction of sp³-hybridized carbons (Fsp3) is 0.844. The van der Waals surface area contributed by atoms with Gasteiger partial charge in [-0.25, -0.2) is 0 Å². The van der Waals surface area contributed by atoms with Crippen molar-refractivity contribution in [1.82, 2.24) is 5.32 Å². The average molecular weight is 524 g/mol. The summed E-state index contributed by atoms with van der Waals surface area (Å²) in [7, 11) is 0. The van der Waals surface area contributed by atoms with Crippen molar-refractivity contribution in [2.45, 2.75) is 167 Å². The van der Waals surface area contributed by atoms with Crippen LogP contribution in [-0.4, -0.2) is 46.1 Å². The lowest BCUT2D eigenvalue weighted by atomic mass is 10.0. The Bertz CT molecular complexity index is 549. The van der Waals surface area contributed by atoms with Gasteiger partial charge in [0.1, 0.15) is 6.10 Å². The van der Waals surface area contributed by atoms with E-state index in [0.717, 1.165) is 51.4 Å². The van der Waals surface area contributed by atoms with E-state index < -0.39 is 18.2 Å². The van der Waals surface area contributed by atoms with Gasteiger partial charge in [0.25, 0.3) is 0 Å². The van der Waals surface area contributed by atoms with Gasteiger partial charge in [0.05, 0.1) is 18.8 Å². The lowest BCUT2D eigenvalue weighted by Gasteiger charge is -2.26. The first-order chi connectivity index (χ1) is 18.1. The number of amides is 1. The third-order valence-corrected chi connectivity index (χ3v) is 7.03. The number of aliphatic hydroxyl groups excluding tert-OH is 3. The van der Waals surface area contributed by atoms with Gasteiger partial charge in [-0.3, -0.25) is 4.79 Å². The minimum absolute atomic E-state index is 0.173. The highest BCUT2D eigenvalue weighted by Gasteiger charge is 2.26. The topological polar surface area (TPSA) is 89.8 Å². The number of carbonyl (C=O) groups is 1. The zero-order chi connectivity index (χ0) is 27.4. The van der Waals surface area contributed by atoms with Crippen LogP contribution in [0.15, 0.2) is 24.3 Å². The molecule has 0 fully saturated rings. The highest BCUT2D eigenvalue weighted by atomic mass is 16.3. The quantitative estimate of drug-likeness (QED) is 0.0661. The van der Waals surface area contributed by atoms with Gasteiger partial charge >= 0.3 is 0 Å². The van der Waals surface area contributed by atoms with Crippen LogP contribution in [0.5, 0.6) is 0 Å². The molecule has 0 aliphatic heterocycles. The van der Waals surface area contributed by atoms with Crippen molar-refractivity contribution in [3.05, 3.63) is 24.3 Å². The van der Waals surface area contributed by atoms with Crippen molar-refractivity contribution < 1.29 is 20.1 Å². The van der Waals surface area contributed by atoms with Gasteiger partial charge in [0.15, 0.2) is 0 Å². The molecule has 0 aromatic rings. The van der Waals surface area contributed by atoms with E-state index >= 15 is 0 Å². The molecule has 0 bridgehead atoms. The molecule has 0 aromatic heterocycles. The molecule has 0 aliphatic carbocycles. The molecule has 0 saturated carbocycles. The lowest BCUT2D eigenvalue weighted by molar-refractivity contribution is -0.124. The molecule has 3 unspecified atom stereocenters. The minimum Gasteiger partial charge on any atom is -0.394 e. The summed E-state index contributed by atoms with van der Waals surface area (Å²) >= 11 is 0. The first-order valence-electron chi connectivity index (χ1n) is 15.6. The van der Waals surface area contributed by atoms with E-state index in [2.05, 4.69) is 43.5 Å². The van der Waals surface area contributed by atoms with E-state index in [-0.39, 0.29) is 12.5 Å². The van der Waals surface area contributed by atoms with Crippen molar-refractivity contribution in [2.75, 3.05) is 6.61 Å². The van der Waals surface area contributed by atoms with Crippen molar-refractivity contribution in [3.8, 4) is 0 Å². The number of carbonyl (C=O) groups excluding carboxylic acids is 1. The molecule has 5 heteroatoms. The summed E-state index contributed by atoms with van der Waals surface area (Å²) in [4.78, 5) is 12.2. The molecule has 4 N–H and O–H groups in total. The first kappa shape index (κ1) is 35.8. The van der Waals surface area contributed by atoms with Crippen molar-refractivity contribution in [3.63, 3.8) is 0 Å². The van der Waals surface area contributed by atoms with Crippen LogP contribution in [0.1, 0.15) is 149 Å². The molecule has 0 aromatic carbocycles.